The molecule has 1 N–H and O–H groups in total. The number of hydrogen-bond acceptors (Lipinski definition) is 4. The van der Waals surface area contributed by atoms with E-state index >= 15 is 0 Å². The first-order valence-corrected chi connectivity index (χ1v) is 9.94. The molecule has 0 aromatic rings. The summed E-state index contributed by atoms with van der Waals surface area (Å²) in [6.07, 6.45) is -12.7. The van der Waals surface area contributed by atoms with Crippen LogP contribution in [0.5, 0.6) is 0 Å². The van der Waals surface area contributed by atoms with Gasteiger partial charge in [0.15, 0.2) is 0 Å². The highest BCUT2D eigenvalue weighted by Crippen LogP contribution is 2.54. The minimum Gasteiger partial charge on any atom is -0.373 e. The minimum atomic E-state index is -5.96. The summed E-state index contributed by atoms with van der Waals surface area (Å²) in [4.78, 5) is 0. The van der Waals surface area contributed by atoms with Crippen LogP contribution < -0.4 is 0 Å². The van der Waals surface area contributed by atoms with Gasteiger partial charge in [0.2, 0.25) is 0 Å². The molecule has 0 aromatic carbocycles. The molecule has 1 aliphatic rings. The van der Waals surface area contributed by atoms with E-state index < -0.39 is 62.6 Å². The van der Waals surface area contributed by atoms with Crippen LogP contribution in [0.15, 0.2) is 0 Å². The molecule has 1 heterocycles. The first-order chi connectivity index (χ1) is 11.7. The van der Waals surface area contributed by atoms with E-state index in [1.165, 1.54) is 20.8 Å². The summed E-state index contributed by atoms with van der Waals surface area (Å²) in [6, 6.07) is 0. The van der Waals surface area contributed by atoms with Crippen LogP contribution >= 0.6 is 0 Å². The molecule has 0 saturated carbocycles. The molecule has 0 amide bonds. The Morgan fingerprint density at radius 1 is 1.04 bits per heavy atom. The van der Waals surface area contributed by atoms with Gasteiger partial charge in [-0.1, -0.05) is 34.1 Å². The van der Waals surface area contributed by atoms with Gasteiger partial charge in [-0.2, -0.15) is 34.8 Å². The lowest BCUT2D eigenvalue weighted by atomic mass is 9.68. The molecule has 162 valence electrons. The number of hydrogen-bond donors (Lipinski definition) is 1. The van der Waals surface area contributed by atoms with Crippen molar-refractivity contribution >= 4 is 10.1 Å². The van der Waals surface area contributed by atoms with E-state index in [0.29, 0.717) is 6.92 Å². The highest BCUT2D eigenvalue weighted by molar-refractivity contribution is 7.87. The third kappa shape index (κ3) is 3.83. The third-order valence-electron chi connectivity index (χ3n) is 6.08. The van der Waals surface area contributed by atoms with E-state index in [-0.39, 0.29) is 6.42 Å². The van der Waals surface area contributed by atoms with Crippen molar-refractivity contribution in [1.82, 2.24) is 0 Å². The van der Waals surface area contributed by atoms with Crippen molar-refractivity contribution in [3.8, 4) is 0 Å². The molecular formula is C16H26F6O4S. The van der Waals surface area contributed by atoms with Gasteiger partial charge >= 0.3 is 12.4 Å². The van der Waals surface area contributed by atoms with Crippen LogP contribution in [-0.2, 0) is 14.3 Å². The summed E-state index contributed by atoms with van der Waals surface area (Å²) >= 11 is 0. The molecule has 11 heteroatoms. The van der Waals surface area contributed by atoms with Gasteiger partial charge in [-0.25, -0.2) is 0 Å². The first-order valence-electron chi connectivity index (χ1n) is 8.47. The Morgan fingerprint density at radius 3 is 1.70 bits per heavy atom. The second-order valence-corrected chi connectivity index (χ2v) is 9.96. The van der Waals surface area contributed by atoms with Gasteiger partial charge in [0.1, 0.15) is 0 Å². The molecule has 1 saturated heterocycles. The molecule has 4 nitrogen and oxygen atoms in total. The molecule has 0 spiro atoms. The van der Waals surface area contributed by atoms with E-state index in [0.717, 1.165) is 0 Å². The largest absolute Gasteiger partial charge is 0.426 e. The van der Waals surface area contributed by atoms with Crippen LogP contribution in [0.25, 0.3) is 0 Å². The van der Waals surface area contributed by atoms with E-state index in [1.54, 1.807) is 13.8 Å². The third-order valence-corrected chi connectivity index (χ3v) is 8.33. The zero-order valence-electron chi connectivity index (χ0n) is 16.0. The lowest BCUT2D eigenvalue weighted by Gasteiger charge is -2.41. The van der Waals surface area contributed by atoms with Crippen molar-refractivity contribution in [2.75, 3.05) is 0 Å². The predicted molar refractivity (Wildman–Crippen MR) is 86.3 cm³/mol. The van der Waals surface area contributed by atoms with Crippen LogP contribution in [0.2, 0.25) is 0 Å². The molecule has 27 heavy (non-hydrogen) atoms. The van der Waals surface area contributed by atoms with Crippen LogP contribution in [0, 0.1) is 17.3 Å². The fourth-order valence-electron chi connectivity index (χ4n) is 3.83. The standard InChI is InChI=1S/C16H26F6O4S/c1-7-10(11-12(3,4)13(5,6)26-27(11,24)25)8-9(2)14(23,15(17,18)19)16(20,21)22/h9-11,23H,7-8H2,1-6H3. The molecule has 0 bridgehead atoms. The van der Waals surface area contributed by atoms with E-state index in [2.05, 4.69) is 0 Å². The fourth-order valence-corrected chi connectivity index (χ4v) is 6.51. The van der Waals surface area contributed by atoms with Crippen LogP contribution in [0.3, 0.4) is 0 Å². The summed E-state index contributed by atoms with van der Waals surface area (Å²) in [5.74, 6) is -3.38. The van der Waals surface area contributed by atoms with Crippen molar-refractivity contribution in [1.29, 1.82) is 0 Å². The quantitative estimate of drug-likeness (QED) is 0.520. The van der Waals surface area contributed by atoms with Gasteiger partial charge in [-0.05, 0) is 26.2 Å². The molecular weight excluding hydrogens is 402 g/mol. The average molecular weight is 428 g/mol. The number of aliphatic hydroxyl groups is 1. The first kappa shape index (κ1) is 24.5. The summed E-state index contributed by atoms with van der Waals surface area (Å²) in [6.45, 7) is 8.22. The van der Waals surface area contributed by atoms with Crippen molar-refractivity contribution in [3.63, 3.8) is 0 Å². The van der Waals surface area contributed by atoms with Gasteiger partial charge in [0, 0.05) is 11.3 Å². The van der Waals surface area contributed by atoms with E-state index in [4.69, 9.17) is 4.18 Å². The summed E-state index contributed by atoms with van der Waals surface area (Å²) in [5.41, 5.74) is -7.19. The smallest absolute Gasteiger partial charge is 0.373 e. The lowest BCUT2D eigenvalue weighted by molar-refractivity contribution is -0.384. The number of rotatable bonds is 5. The van der Waals surface area contributed by atoms with Crippen molar-refractivity contribution < 1.29 is 44.0 Å². The molecule has 3 unspecified atom stereocenters. The Balaban J connectivity index is 3.36. The molecule has 1 fully saturated rings. The Bertz CT molecular complexity index is 637. The molecule has 1 aliphatic heterocycles. The van der Waals surface area contributed by atoms with Crippen molar-refractivity contribution in [2.45, 2.75) is 83.2 Å². The monoisotopic (exact) mass is 428 g/mol. The second-order valence-electron chi connectivity index (χ2n) is 8.30. The Labute approximate surface area is 155 Å². The molecule has 0 aromatic heterocycles. The predicted octanol–water partition coefficient (Wildman–Crippen LogP) is 4.43. The van der Waals surface area contributed by atoms with Crippen LogP contribution in [0.4, 0.5) is 26.3 Å². The Hall–Kier alpha value is -0.550. The SMILES string of the molecule is CCC(CC(C)C(O)(C(F)(F)F)C(F)(F)F)C1C(C)(C)C(C)(C)OS1(=O)=O. The lowest BCUT2D eigenvalue weighted by Crippen LogP contribution is -2.61. The summed E-state index contributed by atoms with van der Waals surface area (Å²) in [7, 11) is -4.22. The maximum atomic E-state index is 13.1. The highest BCUT2D eigenvalue weighted by Gasteiger charge is 2.73. The molecule has 0 radical (unpaired) electrons. The van der Waals surface area contributed by atoms with Gasteiger partial charge in [0.05, 0.1) is 10.9 Å². The van der Waals surface area contributed by atoms with Gasteiger partial charge in [-0.3, -0.25) is 4.18 Å². The topological polar surface area (TPSA) is 63.6 Å². The summed E-state index contributed by atoms with van der Waals surface area (Å²) < 4.78 is 109. The van der Waals surface area contributed by atoms with Crippen LogP contribution in [-0.4, -0.2) is 42.3 Å². The Kier molecular flexibility index (Phi) is 6.13. The maximum absolute atomic E-state index is 13.1. The van der Waals surface area contributed by atoms with E-state index in [9.17, 15) is 39.9 Å². The average Bonchev–Trinajstić information content (AvgIpc) is 2.53. The van der Waals surface area contributed by atoms with E-state index in [1.807, 2.05) is 0 Å². The van der Waals surface area contributed by atoms with Crippen molar-refractivity contribution in [3.05, 3.63) is 0 Å². The second kappa shape index (κ2) is 6.76. The number of alkyl halides is 6. The number of halogens is 6. The zero-order chi connectivity index (χ0) is 21.9. The van der Waals surface area contributed by atoms with Crippen molar-refractivity contribution in [2.24, 2.45) is 17.3 Å². The zero-order valence-corrected chi connectivity index (χ0v) is 16.8. The van der Waals surface area contributed by atoms with Gasteiger partial charge in [-0.15, -0.1) is 0 Å². The van der Waals surface area contributed by atoms with Crippen LogP contribution in [0.1, 0.15) is 54.4 Å². The van der Waals surface area contributed by atoms with Gasteiger partial charge in [0.25, 0.3) is 15.7 Å². The molecule has 1 rings (SSSR count). The summed E-state index contributed by atoms with van der Waals surface area (Å²) in [5, 5.41) is 8.26. The Morgan fingerprint density at radius 2 is 1.44 bits per heavy atom. The maximum Gasteiger partial charge on any atom is 0.426 e. The fraction of sp³-hybridized carbons (Fsp3) is 1.00. The molecule has 0 aliphatic carbocycles. The normalized spacial score (nSPS) is 27.4. The molecule has 3 atom stereocenters. The van der Waals surface area contributed by atoms with Gasteiger partial charge < -0.3 is 5.11 Å². The minimum absolute atomic E-state index is 0.00288. The highest BCUT2D eigenvalue weighted by atomic mass is 32.2.